The molecule has 0 aromatic rings. The van der Waals surface area contributed by atoms with Crippen molar-refractivity contribution < 1.29 is 9.53 Å². The molecule has 2 nitrogen and oxygen atoms in total. The van der Waals surface area contributed by atoms with Crippen LogP contribution >= 0.6 is 0 Å². The Hall–Kier alpha value is -0.530. The van der Waals surface area contributed by atoms with Gasteiger partial charge in [0.1, 0.15) is 0 Å². The highest BCUT2D eigenvalue weighted by Crippen LogP contribution is 2.15. The molecule has 0 aliphatic heterocycles. The fourth-order valence-corrected chi connectivity index (χ4v) is 0.772. The van der Waals surface area contributed by atoms with Crippen LogP contribution in [0.2, 0.25) is 0 Å². The topological polar surface area (TPSA) is 26.3 Å². The molecule has 60 valence electrons. The number of esters is 1. The zero-order valence-electron chi connectivity index (χ0n) is 7.18. The van der Waals surface area contributed by atoms with Crippen molar-refractivity contribution in [3.63, 3.8) is 0 Å². The van der Waals surface area contributed by atoms with Gasteiger partial charge in [-0.1, -0.05) is 27.2 Å². The zero-order valence-corrected chi connectivity index (χ0v) is 7.18. The van der Waals surface area contributed by atoms with Crippen LogP contribution in [0.15, 0.2) is 0 Å². The number of carbonyl (C=O) groups excluding carboxylic acids is 1. The largest absolute Gasteiger partial charge is 0.469 e. The molecule has 10 heavy (non-hydrogen) atoms. The van der Waals surface area contributed by atoms with Crippen molar-refractivity contribution in [1.82, 2.24) is 0 Å². The van der Waals surface area contributed by atoms with E-state index in [2.05, 4.69) is 18.6 Å². The zero-order chi connectivity index (χ0) is 8.15. The van der Waals surface area contributed by atoms with Gasteiger partial charge in [0.15, 0.2) is 0 Å². The van der Waals surface area contributed by atoms with Gasteiger partial charge in [0.05, 0.1) is 13.0 Å². The van der Waals surface area contributed by atoms with E-state index in [-0.39, 0.29) is 11.9 Å². The van der Waals surface area contributed by atoms with Gasteiger partial charge < -0.3 is 4.74 Å². The van der Waals surface area contributed by atoms with Gasteiger partial charge in [-0.3, -0.25) is 4.79 Å². The molecule has 0 spiro atoms. The molecule has 0 N–H and O–H groups in total. The summed E-state index contributed by atoms with van der Waals surface area (Å²) in [6.07, 6.45) is 1.02. The summed E-state index contributed by atoms with van der Waals surface area (Å²) < 4.78 is 4.60. The van der Waals surface area contributed by atoms with Crippen LogP contribution in [0.3, 0.4) is 0 Å². The highest BCUT2D eigenvalue weighted by molar-refractivity contribution is 5.72. The van der Waals surface area contributed by atoms with E-state index < -0.39 is 0 Å². The van der Waals surface area contributed by atoms with Gasteiger partial charge in [0.25, 0.3) is 0 Å². The molecule has 0 bridgehead atoms. The standard InChI is InChI=1S/C8H16O2/c1-5-6(2)7(3)8(9)10-4/h6-7H,5H2,1-4H3/t6-,7?/m1/s1. The fraction of sp³-hybridized carbons (Fsp3) is 0.875. The van der Waals surface area contributed by atoms with Gasteiger partial charge in [0, 0.05) is 0 Å². The van der Waals surface area contributed by atoms with Gasteiger partial charge in [-0.05, 0) is 5.92 Å². The Labute approximate surface area is 62.6 Å². The van der Waals surface area contributed by atoms with Gasteiger partial charge in [-0.15, -0.1) is 0 Å². The predicted octanol–water partition coefficient (Wildman–Crippen LogP) is 1.84. The molecule has 2 heteroatoms. The lowest BCUT2D eigenvalue weighted by Gasteiger charge is -2.14. The van der Waals surface area contributed by atoms with Gasteiger partial charge in [0.2, 0.25) is 0 Å². The van der Waals surface area contributed by atoms with Crippen molar-refractivity contribution in [3.8, 4) is 0 Å². The van der Waals surface area contributed by atoms with Crippen LogP contribution in [0.4, 0.5) is 0 Å². The number of ether oxygens (including phenoxy) is 1. The molecular formula is C8H16O2. The summed E-state index contributed by atoms with van der Waals surface area (Å²) in [4.78, 5) is 10.9. The summed E-state index contributed by atoms with van der Waals surface area (Å²) in [5.74, 6) is 0.358. The number of carbonyl (C=O) groups is 1. The third kappa shape index (κ3) is 2.38. The first-order valence-corrected chi connectivity index (χ1v) is 3.71. The van der Waals surface area contributed by atoms with Crippen LogP contribution in [0.25, 0.3) is 0 Å². The van der Waals surface area contributed by atoms with Gasteiger partial charge in [-0.2, -0.15) is 0 Å². The van der Waals surface area contributed by atoms with Crippen LogP contribution in [-0.2, 0) is 9.53 Å². The van der Waals surface area contributed by atoms with Gasteiger partial charge in [-0.25, -0.2) is 0 Å². The van der Waals surface area contributed by atoms with Crippen molar-refractivity contribution in [2.75, 3.05) is 7.11 Å². The second-order valence-corrected chi connectivity index (χ2v) is 2.70. The molecule has 0 aromatic heterocycles. The second kappa shape index (κ2) is 4.31. The van der Waals surface area contributed by atoms with Crippen molar-refractivity contribution in [2.24, 2.45) is 11.8 Å². The second-order valence-electron chi connectivity index (χ2n) is 2.70. The smallest absolute Gasteiger partial charge is 0.308 e. The monoisotopic (exact) mass is 144 g/mol. The lowest BCUT2D eigenvalue weighted by Crippen LogP contribution is -2.19. The Bertz CT molecular complexity index is 110. The molecule has 0 saturated heterocycles. The van der Waals surface area contributed by atoms with Gasteiger partial charge >= 0.3 is 5.97 Å². The summed E-state index contributed by atoms with van der Waals surface area (Å²) in [7, 11) is 1.43. The molecule has 0 fully saturated rings. The average molecular weight is 144 g/mol. The lowest BCUT2D eigenvalue weighted by molar-refractivity contribution is -0.146. The summed E-state index contributed by atoms with van der Waals surface area (Å²) in [6.45, 7) is 6.03. The minimum atomic E-state index is -0.102. The van der Waals surface area contributed by atoms with Crippen LogP contribution in [0.1, 0.15) is 27.2 Å². The summed E-state index contributed by atoms with van der Waals surface area (Å²) in [5, 5.41) is 0. The summed E-state index contributed by atoms with van der Waals surface area (Å²) >= 11 is 0. The molecule has 0 saturated carbocycles. The molecule has 0 aliphatic rings. The van der Waals surface area contributed by atoms with E-state index in [0.29, 0.717) is 5.92 Å². The quantitative estimate of drug-likeness (QED) is 0.565. The molecule has 0 radical (unpaired) electrons. The Balaban J connectivity index is 3.81. The van der Waals surface area contributed by atoms with Crippen molar-refractivity contribution in [1.29, 1.82) is 0 Å². The molecule has 2 atom stereocenters. The normalized spacial score (nSPS) is 16.0. The number of hydrogen-bond donors (Lipinski definition) is 0. The highest BCUT2D eigenvalue weighted by Gasteiger charge is 2.18. The Morgan fingerprint density at radius 1 is 1.50 bits per heavy atom. The van der Waals surface area contributed by atoms with Crippen LogP contribution in [0, 0.1) is 11.8 Å². The van der Waals surface area contributed by atoms with E-state index in [4.69, 9.17) is 0 Å². The maximum Gasteiger partial charge on any atom is 0.308 e. The minimum Gasteiger partial charge on any atom is -0.469 e. The molecule has 0 rings (SSSR count). The third-order valence-corrected chi connectivity index (χ3v) is 2.07. The molecule has 0 aromatic carbocycles. The van der Waals surface area contributed by atoms with Crippen molar-refractivity contribution in [3.05, 3.63) is 0 Å². The Morgan fingerprint density at radius 2 is 2.00 bits per heavy atom. The molecule has 0 amide bonds. The predicted molar refractivity (Wildman–Crippen MR) is 40.6 cm³/mol. The number of rotatable bonds is 3. The SMILES string of the molecule is CC[C@@H](C)C(C)C(=O)OC. The fourth-order valence-electron chi connectivity index (χ4n) is 0.772. The minimum absolute atomic E-state index is 0.0370. The maximum absolute atomic E-state index is 10.9. The summed E-state index contributed by atoms with van der Waals surface area (Å²) in [5.41, 5.74) is 0. The molecule has 0 aliphatic carbocycles. The number of hydrogen-bond acceptors (Lipinski definition) is 2. The third-order valence-electron chi connectivity index (χ3n) is 2.07. The number of methoxy groups -OCH3 is 1. The average Bonchev–Trinajstić information content (AvgIpc) is 2.00. The van der Waals surface area contributed by atoms with Crippen LogP contribution in [-0.4, -0.2) is 13.1 Å². The van der Waals surface area contributed by atoms with E-state index in [1.165, 1.54) is 7.11 Å². The Morgan fingerprint density at radius 3 is 2.30 bits per heavy atom. The first-order valence-electron chi connectivity index (χ1n) is 3.71. The molecular weight excluding hydrogens is 128 g/mol. The van der Waals surface area contributed by atoms with E-state index >= 15 is 0 Å². The van der Waals surface area contributed by atoms with E-state index in [1.807, 2.05) is 6.92 Å². The van der Waals surface area contributed by atoms with E-state index in [1.54, 1.807) is 0 Å². The van der Waals surface area contributed by atoms with E-state index in [0.717, 1.165) is 6.42 Å². The van der Waals surface area contributed by atoms with Crippen molar-refractivity contribution >= 4 is 5.97 Å². The summed E-state index contributed by atoms with van der Waals surface area (Å²) in [6, 6.07) is 0. The lowest BCUT2D eigenvalue weighted by atomic mass is 9.94. The van der Waals surface area contributed by atoms with Crippen LogP contribution < -0.4 is 0 Å². The Kier molecular flexibility index (Phi) is 4.08. The molecule has 0 heterocycles. The molecule has 1 unspecified atom stereocenters. The highest BCUT2D eigenvalue weighted by atomic mass is 16.5. The van der Waals surface area contributed by atoms with Crippen LogP contribution in [0.5, 0.6) is 0 Å². The van der Waals surface area contributed by atoms with E-state index in [9.17, 15) is 4.79 Å². The first kappa shape index (κ1) is 9.47. The first-order chi connectivity index (χ1) is 4.63. The van der Waals surface area contributed by atoms with Crippen molar-refractivity contribution in [2.45, 2.75) is 27.2 Å². The maximum atomic E-state index is 10.9.